The van der Waals surface area contributed by atoms with E-state index in [1.165, 1.54) is 19.4 Å². The molecule has 3 atom stereocenters. The van der Waals surface area contributed by atoms with Crippen LogP contribution >= 0.6 is 11.6 Å². The molecule has 4 nitrogen and oxygen atoms in total. The van der Waals surface area contributed by atoms with Crippen molar-refractivity contribution < 1.29 is 18.7 Å². The lowest BCUT2D eigenvalue weighted by molar-refractivity contribution is -0.130. The van der Waals surface area contributed by atoms with E-state index in [4.69, 9.17) is 16.3 Å². The van der Waals surface area contributed by atoms with Crippen LogP contribution in [0.3, 0.4) is 0 Å². The zero-order chi connectivity index (χ0) is 17.0. The van der Waals surface area contributed by atoms with E-state index in [1.54, 1.807) is 0 Å². The zero-order valence-electron chi connectivity index (χ0n) is 13.3. The molecular weight excluding hydrogens is 321 g/mol. The molecule has 1 N–H and O–H groups in total. The Balaban J connectivity index is 1.93. The van der Waals surface area contributed by atoms with Gasteiger partial charge in [-0.25, -0.2) is 9.18 Å². The first kappa shape index (κ1) is 17.7. The first-order valence-electron chi connectivity index (χ1n) is 7.85. The molecule has 1 aliphatic rings. The largest absolute Gasteiger partial charge is 0.449 e. The van der Waals surface area contributed by atoms with E-state index in [0.717, 1.165) is 31.4 Å². The molecule has 0 spiro atoms. The van der Waals surface area contributed by atoms with Crippen LogP contribution in [0.2, 0.25) is 5.02 Å². The van der Waals surface area contributed by atoms with E-state index < -0.39 is 17.9 Å². The Morgan fingerprint density at radius 2 is 2.04 bits per heavy atom. The van der Waals surface area contributed by atoms with Gasteiger partial charge in [0.2, 0.25) is 0 Å². The number of hydrogen-bond acceptors (Lipinski definition) is 3. The van der Waals surface area contributed by atoms with E-state index in [1.807, 2.05) is 0 Å². The summed E-state index contributed by atoms with van der Waals surface area (Å²) in [5, 5.41) is 2.90. The van der Waals surface area contributed by atoms with Gasteiger partial charge in [-0.1, -0.05) is 31.4 Å². The molecule has 1 fully saturated rings. The summed E-state index contributed by atoms with van der Waals surface area (Å²) in [4.78, 5) is 24.2. The molecule has 0 aromatic heterocycles. The molecule has 1 saturated carbocycles. The molecule has 1 aromatic carbocycles. The van der Waals surface area contributed by atoms with Gasteiger partial charge >= 0.3 is 5.97 Å². The zero-order valence-corrected chi connectivity index (χ0v) is 14.0. The Morgan fingerprint density at radius 3 is 2.70 bits per heavy atom. The second kappa shape index (κ2) is 7.77. The number of rotatable bonds is 4. The van der Waals surface area contributed by atoms with Crippen LogP contribution in [0.25, 0.3) is 0 Å². The maximum absolute atomic E-state index is 13.0. The van der Waals surface area contributed by atoms with Crippen LogP contribution in [0.5, 0.6) is 0 Å². The first-order chi connectivity index (χ1) is 10.9. The number of ether oxygens (including phenoxy) is 1. The van der Waals surface area contributed by atoms with Crippen molar-refractivity contribution >= 4 is 23.5 Å². The standard InChI is InChI=1S/C17H21ClFNO3/c1-10-5-3-4-6-15(10)20-16(21)11(2)23-17(22)13-8-7-12(19)9-14(13)18/h7-11,15H,3-6H2,1-2H3,(H,20,21)/t10-,11+,15-/m0/s1. The van der Waals surface area contributed by atoms with Crippen LogP contribution in [0, 0.1) is 11.7 Å². The minimum atomic E-state index is -0.933. The summed E-state index contributed by atoms with van der Waals surface area (Å²) in [7, 11) is 0. The maximum Gasteiger partial charge on any atom is 0.340 e. The molecule has 1 amide bonds. The number of benzene rings is 1. The quantitative estimate of drug-likeness (QED) is 0.849. The van der Waals surface area contributed by atoms with Gasteiger partial charge in [0.15, 0.2) is 6.10 Å². The van der Waals surface area contributed by atoms with Gasteiger partial charge in [0, 0.05) is 6.04 Å². The fourth-order valence-corrected chi connectivity index (χ4v) is 3.01. The van der Waals surface area contributed by atoms with Crippen LogP contribution in [0.4, 0.5) is 4.39 Å². The third-order valence-corrected chi connectivity index (χ3v) is 4.56. The van der Waals surface area contributed by atoms with E-state index in [0.29, 0.717) is 5.92 Å². The molecular formula is C17H21ClFNO3. The van der Waals surface area contributed by atoms with Crippen molar-refractivity contribution in [2.45, 2.75) is 51.7 Å². The highest BCUT2D eigenvalue weighted by Crippen LogP contribution is 2.24. The third-order valence-electron chi connectivity index (χ3n) is 4.24. The summed E-state index contributed by atoms with van der Waals surface area (Å²) in [6.45, 7) is 3.62. The summed E-state index contributed by atoms with van der Waals surface area (Å²) < 4.78 is 18.1. The maximum atomic E-state index is 13.0. The molecule has 0 heterocycles. The van der Waals surface area contributed by atoms with Gasteiger partial charge in [0.1, 0.15) is 5.82 Å². The number of nitrogens with one attached hydrogen (secondary N) is 1. The van der Waals surface area contributed by atoms with Crippen LogP contribution < -0.4 is 5.32 Å². The van der Waals surface area contributed by atoms with Crippen molar-refractivity contribution in [3.63, 3.8) is 0 Å². The highest BCUT2D eigenvalue weighted by atomic mass is 35.5. The molecule has 2 rings (SSSR count). The summed E-state index contributed by atoms with van der Waals surface area (Å²) in [6.07, 6.45) is 3.37. The van der Waals surface area contributed by atoms with Crippen molar-refractivity contribution in [3.05, 3.63) is 34.6 Å². The fourth-order valence-electron chi connectivity index (χ4n) is 2.76. The van der Waals surface area contributed by atoms with Crippen LogP contribution in [-0.2, 0) is 9.53 Å². The smallest absolute Gasteiger partial charge is 0.340 e. The number of halogens is 2. The second-order valence-electron chi connectivity index (χ2n) is 6.05. The summed E-state index contributed by atoms with van der Waals surface area (Å²) in [5.74, 6) is -1.18. The normalized spacial score (nSPS) is 22.3. The minimum Gasteiger partial charge on any atom is -0.449 e. The van der Waals surface area contributed by atoms with Gasteiger partial charge in [0.25, 0.3) is 5.91 Å². The summed E-state index contributed by atoms with van der Waals surface area (Å²) in [6, 6.07) is 3.52. The molecule has 0 radical (unpaired) electrons. The Morgan fingerprint density at radius 1 is 1.35 bits per heavy atom. The molecule has 1 aliphatic carbocycles. The molecule has 1 aromatic rings. The molecule has 0 bridgehead atoms. The molecule has 0 unspecified atom stereocenters. The van der Waals surface area contributed by atoms with Crippen molar-refractivity contribution in [2.75, 3.05) is 0 Å². The average molecular weight is 342 g/mol. The van der Waals surface area contributed by atoms with Gasteiger partial charge in [-0.2, -0.15) is 0 Å². The fraction of sp³-hybridized carbons (Fsp3) is 0.529. The summed E-state index contributed by atoms with van der Waals surface area (Å²) >= 11 is 5.82. The Kier molecular flexibility index (Phi) is 5.99. The first-order valence-corrected chi connectivity index (χ1v) is 8.22. The second-order valence-corrected chi connectivity index (χ2v) is 6.46. The summed E-state index contributed by atoms with van der Waals surface area (Å²) in [5.41, 5.74) is 0.0405. The predicted molar refractivity (Wildman–Crippen MR) is 85.9 cm³/mol. The monoisotopic (exact) mass is 341 g/mol. The Hall–Kier alpha value is -1.62. The molecule has 6 heteroatoms. The number of esters is 1. The van der Waals surface area contributed by atoms with Crippen LogP contribution in [-0.4, -0.2) is 24.0 Å². The Bertz CT molecular complexity index is 593. The van der Waals surface area contributed by atoms with Gasteiger partial charge < -0.3 is 10.1 Å². The average Bonchev–Trinajstić information content (AvgIpc) is 2.49. The van der Waals surface area contributed by atoms with Gasteiger partial charge in [0.05, 0.1) is 10.6 Å². The topological polar surface area (TPSA) is 55.4 Å². The highest BCUT2D eigenvalue weighted by Gasteiger charge is 2.27. The molecule has 0 saturated heterocycles. The SMILES string of the molecule is C[C@@H](OC(=O)c1ccc(F)cc1Cl)C(=O)N[C@H]1CCCC[C@@H]1C. The molecule has 0 aliphatic heterocycles. The van der Waals surface area contributed by atoms with E-state index in [-0.39, 0.29) is 22.5 Å². The highest BCUT2D eigenvalue weighted by molar-refractivity contribution is 6.33. The predicted octanol–water partition coefficient (Wildman–Crippen LogP) is 3.72. The lowest BCUT2D eigenvalue weighted by Gasteiger charge is -2.30. The lowest BCUT2D eigenvalue weighted by atomic mass is 9.86. The van der Waals surface area contributed by atoms with Crippen molar-refractivity contribution in [1.82, 2.24) is 5.32 Å². The van der Waals surface area contributed by atoms with Gasteiger partial charge in [-0.3, -0.25) is 4.79 Å². The van der Waals surface area contributed by atoms with Crippen molar-refractivity contribution in [2.24, 2.45) is 5.92 Å². The number of carbonyl (C=O) groups excluding carboxylic acids is 2. The van der Waals surface area contributed by atoms with Crippen LogP contribution in [0.1, 0.15) is 49.9 Å². The van der Waals surface area contributed by atoms with Crippen LogP contribution in [0.15, 0.2) is 18.2 Å². The number of hydrogen-bond donors (Lipinski definition) is 1. The third kappa shape index (κ3) is 4.67. The lowest BCUT2D eigenvalue weighted by Crippen LogP contribution is -2.46. The Labute approximate surface area is 140 Å². The van der Waals surface area contributed by atoms with Crippen molar-refractivity contribution in [3.8, 4) is 0 Å². The van der Waals surface area contributed by atoms with Gasteiger partial charge in [-0.05, 0) is 43.9 Å². The van der Waals surface area contributed by atoms with Gasteiger partial charge in [-0.15, -0.1) is 0 Å². The van der Waals surface area contributed by atoms with E-state index >= 15 is 0 Å². The number of carbonyl (C=O) groups is 2. The van der Waals surface area contributed by atoms with Crippen molar-refractivity contribution in [1.29, 1.82) is 0 Å². The van der Waals surface area contributed by atoms with E-state index in [2.05, 4.69) is 12.2 Å². The molecule has 23 heavy (non-hydrogen) atoms. The minimum absolute atomic E-state index is 0.0384. The number of amides is 1. The molecule has 126 valence electrons. The van der Waals surface area contributed by atoms with E-state index in [9.17, 15) is 14.0 Å².